The van der Waals surface area contributed by atoms with Crippen LogP contribution in [0.1, 0.15) is 41.3 Å². The second-order valence-electron chi connectivity index (χ2n) is 7.28. The summed E-state index contributed by atoms with van der Waals surface area (Å²) in [6.45, 7) is 10.6. The van der Waals surface area contributed by atoms with E-state index >= 15 is 0 Å². The molecule has 3 rings (SSSR count). The van der Waals surface area contributed by atoms with Crippen molar-refractivity contribution < 1.29 is 4.74 Å². The summed E-state index contributed by atoms with van der Waals surface area (Å²) in [5, 5.41) is 9.16. The summed E-state index contributed by atoms with van der Waals surface area (Å²) in [4.78, 5) is 6.15. The highest BCUT2D eigenvalue weighted by atomic mass is 127. The van der Waals surface area contributed by atoms with E-state index < -0.39 is 0 Å². The molecule has 1 fully saturated rings. The number of thiophene rings is 1. The van der Waals surface area contributed by atoms with E-state index in [2.05, 4.69) is 67.1 Å². The molecule has 0 unspecified atom stereocenters. The van der Waals surface area contributed by atoms with Crippen LogP contribution < -0.4 is 10.6 Å². The molecule has 0 spiro atoms. The quantitative estimate of drug-likeness (QED) is 0.332. The van der Waals surface area contributed by atoms with Gasteiger partial charge >= 0.3 is 0 Å². The Morgan fingerprint density at radius 3 is 2.50 bits per heavy atom. The van der Waals surface area contributed by atoms with Crippen molar-refractivity contribution >= 4 is 41.3 Å². The SMILES string of the molecule is CCNC(=NCc1sccc1C)NCC1(c2ccccc2C)CCOCC1.I. The Morgan fingerprint density at radius 2 is 1.86 bits per heavy atom. The third kappa shape index (κ3) is 5.70. The van der Waals surface area contributed by atoms with Crippen LogP contribution in [0.5, 0.6) is 0 Å². The Kier molecular flexibility index (Phi) is 9.24. The van der Waals surface area contributed by atoms with E-state index in [0.29, 0.717) is 0 Å². The lowest BCUT2D eigenvalue weighted by Crippen LogP contribution is -2.48. The molecule has 1 aliphatic rings. The van der Waals surface area contributed by atoms with Gasteiger partial charge in [-0.1, -0.05) is 24.3 Å². The van der Waals surface area contributed by atoms with Crippen LogP contribution in [0.15, 0.2) is 40.7 Å². The molecule has 28 heavy (non-hydrogen) atoms. The van der Waals surface area contributed by atoms with E-state index in [1.165, 1.54) is 21.6 Å². The fourth-order valence-corrected chi connectivity index (χ4v) is 4.61. The molecule has 1 saturated heterocycles. The Hall–Kier alpha value is -1.12. The Balaban J connectivity index is 0.00000280. The van der Waals surface area contributed by atoms with Gasteiger partial charge in [-0.15, -0.1) is 35.3 Å². The Bertz CT molecular complexity index is 769. The number of rotatable bonds is 6. The first-order valence-electron chi connectivity index (χ1n) is 9.83. The molecule has 1 aromatic carbocycles. The maximum Gasteiger partial charge on any atom is 0.191 e. The van der Waals surface area contributed by atoms with Crippen LogP contribution in [0.4, 0.5) is 0 Å². The normalized spacial score (nSPS) is 16.3. The topological polar surface area (TPSA) is 45.7 Å². The molecule has 0 saturated carbocycles. The highest BCUT2D eigenvalue weighted by Crippen LogP contribution is 2.36. The summed E-state index contributed by atoms with van der Waals surface area (Å²) < 4.78 is 5.68. The van der Waals surface area contributed by atoms with Crippen LogP contribution in [-0.2, 0) is 16.7 Å². The standard InChI is InChI=1S/C22H31N3OS.HI/c1-4-23-21(24-15-20-18(3)9-14-27-20)25-16-22(10-12-26-13-11-22)19-8-6-5-7-17(19)2;/h5-9,14H,4,10-13,15-16H2,1-3H3,(H2,23,24,25);1H. The summed E-state index contributed by atoms with van der Waals surface area (Å²) in [7, 11) is 0. The summed E-state index contributed by atoms with van der Waals surface area (Å²) in [6, 6.07) is 10.9. The van der Waals surface area contributed by atoms with Crippen molar-refractivity contribution in [1.29, 1.82) is 0 Å². The van der Waals surface area contributed by atoms with Crippen molar-refractivity contribution in [3.63, 3.8) is 0 Å². The number of guanidine groups is 1. The molecule has 2 aromatic rings. The first kappa shape index (κ1) is 23.2. The molecule has 2 N–H and O–H groups in total. The maximum atomic E-state index is 5.68. The van der Waals surface area contributed by atoms with Gasteiger partial charge in [0.2, 0.25) is 0 Å². The maximum absolute atomic E-state index is 5.68. The van der Waals surface area contributed by atoms with Gasteiger partial charge in [0, 0.05) is 36.6 Å². The fourth-order valence-electron chi connectivity index (χ4n) is 3.78. The molecule has 0 radical (unpaired) electrons. The number of aliphatic imine (C=N–C) groups is 1. The van der Waals surface area contributed by atoms with Gasteiger partial charge in [-0.3, -0.25) is 0 Å². The van der Waals surface area contributed by atoms with E-state index in [1.54, 1.807) is 11.3 Å². The molecule has 0 amide bonds. The van der Waals surface area contributed by atoms with Crippen LogP contribution in [0.2, 0.25) is 0 Å². The summed E-state index contributed by atoms with van der Waals surface area (Å²) >= 11 is 1.77. The molecule has 0 aliphatic carbocycles. The second kappa shape index (κ2) is 11.2. The number of benzene rings is 1. The minimum absolute atomic E-state index is 0. The molecule has 0 atom stereocenters. The summed E-state index contributed by atoms with van der Waals surface area (Å²) in [5.41, 5.74) is 4.21. The third-order valence-electron chi connectivity index (χ3n) is 5.45. The van der Waals surface area contributed by atoms with Gasteiger partial charge in [0.25, 0.3) is 0 Å². The van der Waals surface area contributed by atoms with Crippen molar-refractivity contribution in [3.8, 4) is 0 Å². The van der Waals surface area contributed by atoms with E-state index in [4.69, 9.17) is 9.73 Å². The number of aryl methyl sites for hydroxylation is 2. The molecular formula is C22H32IN3OS. The molecule has 6 heteroatoms. The minimum atomic E-state index is 0. The van der Waals surface area contributed by atoms with E-state index in [0.717, 1.165) is 51.6 Å². The zero-order valence-corrected chi connectivity index (χ0v) is 20.2. The minimum Gasteiger partial charge on any atom is -0.381 e. The predicted octanol–water partition coefficient (Wildman–Crippen LogP) is 4.79. The average Bonchev–Trinajstić information content (AvgIpc) is 3.10. The number of nitrogens with one attached hydrogen (secondary N) is 2. The smallest absolute Gasteiger partial charge is 0.191 e. The zero-order chi connectivity index (χ0) is 19.1. The van der Waals surface area contributed by atoms with E-state index in [1.807, 2.05) is 0 Å². The van der Waals surface area contributed by atoms with Crippen molar-refractivity contribution in [2.75, 3.05) is 26.3 Å². The Morgan fingerprint density at radius 1 is 1.11 bits per heavy atom. The Labute approximate surface area is 190 Å². The average molecular weight is 513 g/mol. The predicted molar refractivity (Wildman–Crippen MR) is 130 cm³/mol. The van der Waals surface area contributed by atoms with E-state index in [-0.39, 0.29) is 29.4 Å². The molecule has 0 bridgehead atoms. The summed E-state index contributed by atoms with van der Waals surface area (Å²) in [6.07, 6.45) is 2.07. The van der Waals surface area contributed by atoms with E-state index in [9.17, 15) is 0 Å². The zero-order valence-electron chi connectivity index (χ0n) is 17.1. The highest BCUT2D eigenvalue weighted by Gasteiger charge is 2.35. The van der Waals surface area contributed by atoms with Gasteiger partial charge in [0.05, 0.1) is 6.54 Å². The molecular weight excluding hydrogens is 481 g/mol. The number of hydrogen-bond acceptors (Lipinski definition) is 3. The molecule has 4 nitrogen and oxygen atoms in total. The van der Waals surface area contributed by atoms with Crippen LogP contribution in [0.25, 0.3) is 0 Å². The first-order valence-corrected chi connectivity index (χ1v) is 10.7. The van der Waals surface area contributed by atoms with Crippen LogP contribution in [0, 0.1) is 13.8 Å². The fraction of sp³-hybridized carbons (Fsp3) is 0.500. The van der Waals surface area contributed by atoms with Crippen molar-refractivity contribution in [2.24, 2.45) is 4.99 Å². The van der Waals surface area contributed by atoms with Crippen LogP contribution in [0.3, 0.4) is 0 Å². The number of hydrogen-bond donors (Lipinski definition) is 2. The summed E-state index contributed by atoms with van der Waals surface area (Å²) in [5.74, 6) is 0.893. The highest BCUT2D eigenvalue weighted by molar-refractivity contribution is 14.0. The van der Waals surface area contributed by atoms with Crippen LogP contribution >= 0.6 is 35.3 Å². The monoisotopic (exact) mass is 513 g/mol. The lowest BCUT2D eigenvalue weighted by Gasteiger charge is -2.39. The lowest BCUT2D eigenvalue weighted by atomic mass is 9.72. The van der Waals surface area contributed by atoms with Gasteiger partial charge in [-0.2, -0.15) is 0 Å². The molecule has 2 heterocycles. The third-order valence-corrected chi connectivity index (χ3v) is 6.46. The first-order chi connectivity index (χ1) is 13.1. The van der Waals surface area contributed by atoms with Gasteiger partial charge in [-0.05, 0) is 61.7 Å². The lowest BCUT2D eigenvalue weighted by molar-refractivity contribution is 0.0512. The van der Waals surface area contributed by atoms with Gasteiger partial charge in [-0.25, -0.2) is 4.99 Å². The van der Waals surface area contributed by atoms with Gasteiger partial charge in [0.1, 0.15) is 0 Å². The largest absolute Gasteiger partial charge is 0.381 e. The molecule has 1 aliphatic heterocycles. The number of halogens is 1. The van der Waals surface area contributed by atoms with Crippen molar-refractivity contribution in [2.45, 2.75) is 45.6 Å². The van der Waals surface area contributed by atoms with Crippen LogP contribution in [-0.4, -0.2) is 32.3 Å². The van der Waals surface area contributed by atoms with Crippen molar-refractivity contribution in [1.82, 2.24) is 10.6 Å². The second-order valence-corrected chi connectivity index (χ2v) is 8.28. The van der Waals surface area contributed by atoms with Gasteiger partial charge < -0.3 is 15.4 Å². The number of ether oxygens (including phenoxy) is 1. The number of nitrogens with zero attached hydrogens (tertiary/aromatic N) is 1. The molecule has 154 valence electrons. The van der Waals surface area contributed by atoms with Gasteiger partial charge in [0.15, 0.2) is 5.96 Å². The van der Waals surface area contributed by atoms with Crippen molar-refractivity contribution in [3.05, 3.63) is 57.3 Å². The molecule has 1 aromatic heterocycles.